The Hall–Kier alpha value is -0.620. The molecule has 0 bridgehead atoms. The van der Waals surface area contributed by atoms with Crippen molar-refractivity contribution >= 4 is 34.8 Å². The van der Waals surface area contributed by atoms with E-state index in [0.29, 0.717) is 0 Å². The lowest BCUT2D eigenvalue weighted by atomic mass is 10.2. The zero-order valence-electron chi connectivity index (χ0n) is 7.62. The van der Waals surface area contributed by atoms with Crippen LogP contribution in [0.1, 0.15) is 33.6 Å². The Morgan fingerprint density at radius 3 is 2.00 bits per heavy atom. The molecule has 0 aromatic rings. The highest BCUT2D eigenvalue weighted by Gasteiger charge is 1.87. The summed E-state index contributed by atoms with van der Waals surface area (Å²) in [5.74, 6) is 0. The fourth-order valence-electron chi connectivity index (χ4n) is 0.570. The molecule has 0 aliphatic carbocycles. The second-order valence-corrected chi connectivity index (χ2v) is 3.08. The molecule has 0 saturated carbocycles. The maximum absolute atomic E-state index is 8.47. The second kappa shape index (κ2) is 14.9. The largest absolute Gasteiger partial charge is 0.487 e. The Kier molecular flexibility index (Phi) is 20.2. The van der Waals surface area contributed by atoms with Gasteiger partial charge in [-0.25, -0.2) is 0 Å². The molecule has 0 aromatic carbocycles. The Bertz CT molecular complexity index is 150. The number of hydrogen-bond donors (Lipinski definition) is 4. The van der Waals surface area contributed by atoms with Crippen molar-refractivity contribution in [2.45, 2.75) is 33.6 Å². The zero-order valence-corrected chi connectivity index (χ0v) is 9.25. The minimum absolute atomic E-state index is 0. The summed E-state index contributed by atoms with van der Waals surface area (Å²) in [5.41, 5.74) is 4.40. The third kappa shape index (κ3) is 42.4. The van der Waals surface area contributed by atoms with E-state index in [-0.39, 0.29) is 12.6 Å². The van der Waals surface area contributed by atoms with Gasteiger partial charge >= 0.3 is 0 Å². The highest BCUT2D eigenvalue weighted by atomic mass is 32.1. The smallest absolute Gasteiger partial charge is 0.254 e. The van der Waals surface area contributed by atoms with Crippen LogP contribution in [0.3, 0.4) is 0 Å². The predicted molar refractivity (Wildman–Crippen MR) is 68.9 cm³/mol. The van der Waals surface area contributed by atoms with E-state index in [4.69, 9.17) is 10.2 Å². The Morgan fingerprint density at radius 2 is 1.71 bits per heavy atom. The van der Waals surface area contributed by atoms with E-state index in [1.165, 1.54) is 12.8 Å². The first kappa shape index (κ1) is 19.0. The first-order valence-corrected chi connectivity index (χ1v) is 4.77. The van der Waals surface area contributed by atoms with Crippen LogP contribution in [0.4, 0.5) is 0 Å². The van der Waals surface area contributed by atoms with Gasteiger partial charge in [-0.1, -0.05) is 27.2 Å². The number of rotatable bonds is 4. The molecule has 0 rings (SSSR count). The fourth-order valence-corrected chi connectivity index (χ4v) is 0.672. The SMILES string of the molecule is C.CCCCCNC(O)=S.NC(O)=S. The minimum atomic E-state index is -0.500. The van der Waals surface area contributed by atoms with Crippen molar-refractivity contribution in [3.63, 3.8) is 0 Å². The van der Waals surface area contributed by atoms with Crippen molar-refractivity contribution < 1.29 is 10.2 Å². The normalized spacial score (nSPS) is 7.50. The number of aliphatic hydroxyl groups is 2. The van der Waals surface area contributed by atoms with Crippen molar-refractivity contribution in [1.82, 2.24) is 5.32 Å². The van der Waals surface area contributed by atoms with Crippen molar-refractivity contribution in [3.05, 3.63) is 0 Å². The van der Waals surface area contributed by atoms with E-state index in [2.05, 4.69) is 42.4 Å². The molecule has 5 N–H and O–H groups in total. The van der Waals surface area contributed by atoms with Crippen LogP contribution in [-0.2, 0) is 0 Å². The van der Waals surface area contributed by atoms with E-state index in [1.807, 2.05) is 0 Å². The lowest BCUT2D eigenvalue weighted by Gasteiger charge is -1.99. The van der Waals surface area contributed by atoms with Gasteiger partial charge in [0, 0.05) is 6.54 Å². The number of unbranched alkanes of at least 4 members (excludes halogenated alkanes) is 2. The van der Waals surface area contributed by atoms with Crippen LogP contribution < -0.4 is 11.1 Å². The van der Waals surface area contributed by atoms with E-state index in [0.717, 1.165) is 13.0 Å². The van der Waals surface area contributed by atoms with E-state index >= 15 is 0 Å². The van der Waals surface area contributed by atoms with Crippen LogP contribution in [0.5, 0.6) is 0 Å². The quantitative estimate of drug-likeness (QED) is 0.445. The minimum Gasteiger partial charge on any atom is -0.487 e. The standard InChI is InChI=1S/C6H13NOS.CH3NOS.CH4/c1-2-3-4-5-7-6(8)9;2-1(3)4;/h2-5H2,1H3,(H2,7,8,9);(H3,2,3,4);1H4. The van der Waals surface area contributed by atoms with Gasteiger partial charge in [-0.3, -0.25) is 0 Å². The van der Waals surface area contributed by atoms with Gasteiger partial charge in [-0.15, -0.1) is 0 Å². The fraction of sp³-hybridized carbons (Fsp3) is 0.750. The van der Waals surface area contributed by atoms with Crippen molar-refractivity contribution in [1.29, 1.82) is 0 Å². The molecule has 0 radical (unpaired) electrons. The number of aliphatic hydroxyl groups excluding tert-OH is 2. The molecule has 0 fully saturated rings. The molecule has 0 aliphatic rings. The molecule has 86 valence electrons. The van der Waals surface area contributed by atoms with Gasteiger partial charge in [-0.2, -0.15) is 0 Å². The van der Waals surface area contributed by atoms with E-state index in [1.54, 1.807) is 0 Å². The van der Waals surface area contributed by atoms with Gasteiger partial charge in [0.2, 0.25) is 0 Å². The Morgan fingerprint density at radius 1 is 1.29 bits per heavy atom. The van der Waals surface area contributed by atoms with Gasteiger partial charge in [-0.05, 0) is 30.9 Å². The molecular weight excluding hydrogens is 220 g/mol. The summed E-state index contributed by atoms with van der Waals surface area (Å²) in [5, 5.41) is 18.1. The summed E-state index contributed by atoms with van der Waals surface area (Å²) in [6, 6.07) is 0. The first-order valence-electron chi connectivity index (χ1n) is 3.95. The van der Waals surface area contributed by atoms with Crippen LogP contribution in [-0.4, -0.2) is 27.1 Å². The lowest BCUT2D eigenvalue weighted by Crippen LogP contribution is -2.21. The van der Waals surface area contributed by atoms with Crippen LogP contribution in [0.2, 0.25) is 0 Å². The van der Waals surface area contributed by atoms with Gasteiger partial charge in [0.15, 0.2) is 0 Å². The number of hydrogen-bond acceptors (Lipinski definition) is 2. The number of nitrogens with two attached hydrogens (primary N) is 1. The summed E-state index contributed by atoms with van der Waals surface area (Å²) in [7, 11) is 0. The highest BCUT2D eigenvalue weighted by molar-refractivity contribution is 7.80. The monoisotopic (exact) mass is 240 g/mol. The second-order valence-electron chi connectivity index (χ2n) is 2.28. The van der Waals surface area contributed by atoms with Crippen LogP contribution in [0.25, 0.3) is 0 Å². The topological polar surface area (TPSA) is 78.5 Å². The molecule has 0 heterocycles. The summed E-state index contributed by atoms with van der Waals surface area (Å²) >= 11 is 8.26. The molecule has 6 heteroatoms. The summed E-state index contributed by atoms with van der Waals surface area (Å²) in [4.78, 5) is 0. The molecule has 0 spiro atoms. The van der Waals surface area contributed by atoms with Gasteiger partial charge < -0.3 is 21.3 Å². The first-order chi connectivity index (χ1) is 6.00. The molecular formula is C8H20N2O2S2. The number of thiocarbonyl (C=S) groups is 2. The Balaban J connectivity index is -0.000000209. The Labute approximate surface area is 96.5 Å². The lowest BCUT2D eigenvalue weighted by molar-refractivity contribution is 0.525. The molecule has 0 amide bonds. The molecule has 14 heavy (non-hydrogen) atoms. The van der Waals surface area contributed by atoms with E-state index in [9.17, 15) is 0 Å². The van der Waals surface area contributed by atoms with Gasteiger partial charge in [0.1, 0.15) is 0 Å². The molecule has 0 aromatic heterocycles. The third-order valence-electron chi connectivity index (χ3n) is 1.06. The summed E-state index contributed by atoms with van der Waals surface area (Å²) in [6.07, 6.45) is 3.46. The van der Waals surface area contributed by atoms with Crippen molar-refractivity contribution in [2.75, 3.05) is 6.54 Å². The zero-order chi connectivity index (χ0) is 10.7. The van der Waals surface area contributed by atoms with Crippen molar-refractivity contribution in [3.8, 4) is 0 Å². The third-order valence-corrected chi connectivity index (χ3v) is 1.20. The van der Waals surface area contributed by atoms with Crippen molar-refractivity contribution in [2.24, 2.45) is 5.73 Å². The summed E-state index contributed by atoms with van der Waals surface area (Å²) < 4.78 is 0. The van der Waals surface area contributed by atoms with Crippen LogP contribution in [0, 0.1) is 0 Å². The maximum Gasteiger partial charge on any atom is 0.254 e. The average Bonchev–Trinajstić information content (AvgIpc) is 1.97. The molecule has 0 unspecified atom stereocenters. The predicted octanol–water partition coefficient (Wildman–Crippen LogP) is 2.03. The number of nitrogens with one attached hydrogen (secondary N) is 1. The molecule has 0 atom stereocenters. The van der Waals surface area contributed by atoms with Gasteiger partial charge in [0.05, 0.1) is 0 Å². The summed E-state index contributed by atoms with van der Waals surface area (Å²) in [6.45, 7) is 2.93. The van der Waals surface area contributed by atoms with Crippen LogP contribution in [0.15, 0.2) is 0 Å². The van der Waals surface area contributed by atoms with E-state index < -0.39 is 5.17 Å². The molecule has 0 aliphatic heterocycles. The molecule has 4 nitrogen and oxygen atoms in total. The maximum atomic E-state index is 8.47. The van der Waals surface area contributed by atoms with Gasteiger partial charge in [0.25, 0.3) is 10.3 Å². The average molecular weight is 240 g/mol. The molecule has 0 saturated heterocycles. The highest BCUT2D eigenvalue weighted by Crippen LogP contribution is 1.90. The van der Waals surface area contributed by atoms with Crippen LogP contribution >= 0.6 is 24.4 Å².